The van der Waals surface area contributed by atoms with Gasteiger partial charge in [0.25, 0.3) is 0 Å². The molecule has 0 spiro atoms. The zero-order valence-electron chi connectivity index (χ0n) is 13.5. The van der Waals surface area contributed by atoms with Crippen molar-refractivity contribution in [3.05, 3.63) is 70.8 Å². The highest BCUT2D eigenvalue weighted by molar-refractivity contribution is 6.30. The minimum atomic E-state index is -0.182. The molecule has 1 heterocycles. The Labute approximate surface area is 150 Å². The SMILES string of the molecule is Fc1ccccc1CN(Cc1nc(-c2cccc(Cl)c2)no1)C1CC1. The summed E-state index contributed by atoms with van der Waals surface area (Å²) < 4.78 is 19.3. The Morgan fingerprint density at radius 1 is 1.12 bits per heavy atom. The first kappa shape index (κ1) is 16.2. The Bertz CT molecular complexity index is 878. The van der Waals surface area contributed by atoms with E-state index in [0.29, 0.717) is 41.4 Å². The first-order valence-corrected chi connectivity index (χ1v) is 8.63. The lowest BCUT2D eigenvalue weighted by molar-refractivity contribution is 0.207. The van der Waals surface area contributed by atoms with Gasteiger partial charge in [-0.15, -0.1) is 0 Å². The fourth-order valence-corrected chi connectivity index (χ4v) is 3.03. The van der Waals surface area contributed by atoms with Crippen LogP contribution in [0.25, 0.3) is 11.4 Å². The maximum absolute atomic E-state index is 13.9. The lowest BCUT2D eigenvalue weighted by Gasteiger charge is -2.20. The lowest BCUT2D eigenvalue weighted by Crippen LogP contribution is -2.25. The highest BCUT2D eigenvalue weighted by atomic mass is 35.5. The normalized spacial score (nSPS) is 14.2. The second kappa shape index (κ2) is 6.94. The minimum absolute atomic E-state index is 0.182. The van der Waals surface area contributed by atoms with Gasteiger partial charge in [0, 0.05) is 28.7 Å². The van der Waals surface area contributed by atoms with E-state index in [-0.39, 0.29) is 5.82 Å². The van der Waals surface area contributed by atoms with Crippen molar-refractivity contribution in [2.24, 2.45) is 0 Å². The van der Waals surface area contributed by atoms with E-state index in [2.05, 4.69) is 15.0 Å². The molecule has 1 aliphatic carbocycles. The van der Waals surface area contributed by atoms with Crippen LogP contribution in [0, 0.1) is 5.82 Å². The number of hydrogen-bond donors (Lipinski definition) is 0. The maximum Gasteiger partial charge on any atom is 0.241 e. The second-order valence-corrected chi connectivity index (χ2v) is 6.69. The van der Waals surface area contributed by atoms with E-state index in [1.54, 1.807) is 18.2 Å². The zero-order chi connectivity index (χ0) is 17.2. The topological polar surface area (TPSA) is 42.2 Å². The van der Waals surface area contributed by atoms with Crippen LogP contribution in [-0.4, -0.2) is 21.1 Å². The number of nitrogens with zero attached hydrogens (tertiary/aromatic N) is 3. The van der Waals surface area contributed by atoms with Gasteiger partial charge in [-0.1, -0.05) is 47.1 Å². The van der Waals surface area contributed by atoms with Crippen LogP contribution in [0.2, 0.25) is 5.02 Å². The van der Waals surface area contributed by atoms with Crippen LogP contribution < -0.4 is 0 Å². The summed E-state index contributed by atoms with van der Waals surface area (Å²) in [5.74, 6) is 0.857. The Morgan fingerprint density at radius 3 is 2.72 bits per heavy atom. The van der Waals surface area contributed by atoms with Gasteiger partial charge in [-0.25, -0.2) is 4.39 Å². The Balaban J connectivity index is 1.51. The molecule has 4 nitrogen and oxygen atoms in total. The summed E-state index contributed by atoms with van der Waals surface area (Å²) in [7, 11) is 0. The molecule has 0 atom stereocenters. The molecular formula is C19H17ClFN3O. The lowest BCUT2D eigenvalue weighted by atomic mass is 10.2. The average molecular weight is 358 g/mol. The highest BCUT2D eigenvalue weighted by Gasteiger charge is 2.30. The monoisotopic (exact) mass is 357 g/mol. The van der Waals surface area contributed by atoms with Gasteiger partial charge >= 0.3 is 0 Å². The molecule has 25 heavy (non-hydrogen) atoms. The molecular weight excluding hydrogens is 341 g/mol. The van der Waals surface area contributed by atoms with Crippen molar-refractivity contribution in [1.82, 2.24) is 15.0 Å². The first-order valence-electron chi connectivity index (χ1n) is 8.25. The highest BCUT2D eigenvalue weighted by Crippen LogP contribution is 2.30. The molecule has 128 valence electrons. The largest absolute Gasteiger partial charge is 0.338 e. The number of halogens is 2. The number of hydrogen-bond acceptors (Lipinski definition) is 4. The van der Waals surface area contributed by atoms with Crippen molar-refractivity contribution < 1.29 is 8.91 Å². The van der Waals surface area contributed by atoms with Crippen LogP contribution in [0.4, 0.5) is 4.39 Å². The Hall–Kier alpha value is -2.24. The molecule has 1 saturated carbocycles. The number of rotatable bonds is 6. The average Bonchev–Trinajstić information content (AvgIpc) is 3.35. The van der Waals surface area contributed by atoms with Gasteiger partial charge in [-0.3, -0.25) is 4.90 Å². The molecule has 0 aliphatic heterocycles. The predicted molar refractivity (Wildman–Crippen MR) is 93.4 cm³/mol. The fourth-order valence-electron chi connectivity index (χ4n) is 2.84. The van der Waals surface area contributed by atoms with Gasteiger partial charge in [-0.05, 0) is 31.0 Å². The van der Waals surface area contributed by atoms with Crippen molar-refractivity contribution in [3.63, 3.8) is 0 Å². The van der Waals surface area contributed by atoms with Crippen LogP contribution in [0.15, 0.2) is 53.1 Å². The van der Waals surface area contributed by atoms with Gasteiger partial charge in [0.2, 0.25) is 11.7 Å². The summed E-state index contributed by atoms with van der Waals surface area (Å²) in [6.07, 6.45) is 2.23. The van der Waals surface area contributed by atoms with Crippen LogP contribution in [-0.2, 0) is 13.1 Å². The fraction of sp³-hybridized carbons (Fsp3) is 0.263. The summed E-state index contributed by atoms with van der Waals surface area (Å²) in [5.41, 5.74) is 1.50. The quantitative estimate of drug-likeness (QED) is 0.641. The van der Waals surface area contributed by atoms with Gasteiger partial charge in [0.05, 0.1) is 6.54 Å². The zero-order valence-corrected chi connectivity index (χ0v) is 14.3. The van der Waals surface area contributed by atoms with Crippen LogP contribution in [0.3, 0.4) is 0 Å². The molecule has 1 aromatic heterocycles. The maximum atomic E-state index is 13.9. The van der Waals surface area contributed by atoms with Crippen molar-refractivity contribution in [2.75, 3.05) is 0 Å². The smallest absolute Gasteiger partial charge is 0.241 e. The molecule has 2 aromatic carbocycles. The van der Waals surface area contributed by atoms with Gasteiger partial charge < -0.3 is 4.52 Å². The molecule has 1 fully saturated rings. The summed E-state index contributed by atoms with van der Waals surface area (Å²) in [6, 6.07) is 14.6. The van der Waals surface area contributed by atoms with Crippen LogP contribution in [0.5, 0.6) is 0 Å². The molecule has 0 radical (unpaired) electrons. The van der Waals surface area contributed by atoms with E-state index in [0.717, 1.165) is 18.4 Å². The third-order valence-electron chi connectivity index (χ3n) is 4.28. The molecule has 0 N–H and O–H groups in total. The first-order chi connectivity index (χ1) is 12.2. The second-order valence-electron chi connectivity index (χ2n) is 6.25. The standard InChI is InChI=1S/C19H17ClFN3O/c20-15-6-3-5-13(10-15)19-22-18(25-23-19)12-24(16-8-9-16)11-14-4-1-2-7-17(14)21/h1-7,10,16H,8-9,11-12H2. The third kappa shape index (κ3) is 3.89. The number of aromatic nitrogens is 2. The van der Waals surface area contributed by atoms with Crippen LogP contribution in [0.1, 0.15) is 24.3 Å². The van der Waals surface area contributed by atoms with E-state index in [4.69, 9.17) is 16.1 Å². The van der Waals surface area contributed by atoms with E-state index in [1.165, 1.54) is 6.07 Å². The molecule has 1 aliphatic rings. The van der Waals surface area contributed by atoms with Crippen molar-refractivity contribution in [2.45, 2.75) is 32.0 Å². The molecule has 0 amide bonds. The Kier molecular flexibility index (Phi) is 4.51. The molecule has 6 heteroatoms. The molecule has 3 aromatic rings. The number of benzene rings is 2. The summed E-state index contributed by atoms with van der Waals surface area (Å²) >= 11 is 6.01. The van der Waals surface area contributed by atoms with Gasteiger partial charge in [0.1, 0.15) is 5.82 Å². The molecule has 0 bridgehead atoms. The van der Waals surface area contributed by atoms with Crippen molar-refractivity contribution in [3.8, 4) is 11.4 Å². The Morgan fingerprint density at radius 2 is 1.96 bits per heavy atom. The van der Waals surface area contributed by atoms with Gasteiger partial charge in [0.15, 0.2) is 0 Å². The van der Waals surface area contributed by atoms with Crippen LogP contribution >= 0.6 is 11.6 Å². The van der Waals surface area contributed by atoms with E-state index in [9.17, 15) is 4.39 Å². The van der Waals surface area contributed by atoms with E-state index in [1.807, 2.05) is 24.3 Å². The predicted octanol–water partition coefficient (Wildman–Crippen LogP) is 4.69. The third-order valence-corrected chi connectivity index (χ3v) is 4.52. The molecule has 0 saturated heterocycles. The minimum Gasteiger partial charge on any atom is -0.338 e. The summed E-state index contributed by atoms with van der Waals surface area (Å²) in [6.45, 7) is 1.04. The summed E-state index contributed by atoms with van der Waals surface area (Å²) in [4.78, 5) is 6.65. The van der Waals surface area contributed by atoms with Crippen molar-refractivity contribution in [1.29, 1.82) is 0 Å². The van der Waals surface area contributed by atoms with Gasteiger partial charge in [-0.2, -0.15) is 4.98 Å². The van der Waals surface area contributed by atoms with Crippen molar-refractivity contribution >= 4 is 11.6 Å². The molecule has 4 rings (SSSR count). The van der Waals surface area contributed by atoms with E-state index < -0.39 is 0 Å². The summed E-state index contributed by atoms with van der Waals surface area (Å²) in [5, 5.41) is 4.67. The van der Waals surface area contributed by atoms with E-state index >= 15 is 0 Å². The molecule has 0 unspecified atom stereocenters.